The predicted molar refractivity (Wildman–Crippen MR) is 119 cm³/mol. The van der Waals surface area contributed by atoms with Gasteiger partial charge in [0, 0.05) is 5.39 Å². The molecule has 0 fully saturated rings. The lowest BCUT2D eigenvalue weighted by Crippen LogP contribution is -2.13. The molecule has 0 radical (unpaired) electrons. The van der Waals surface area contributed by atoms with Crippen molar-refractivity contribution in [3.05, 3.63) is 76.6 Å². The summed E-state index contributed by atoms with van der Waals surface area (Å²) in [7, 11) is 1.61. The Kier molecular flexibility index (Phi) is 6.16. The standard InChI is InChI=1S/C23H18ClNO4S/c1-27-15-6-8-16(9-7-15)28-12-13-29-23(26)18-14-20(21-10-11-22(24)30-21)25-19-5-3-2-4-17(18)19/h2-11,14H,12-13H2,1H3. The average molecular weight is 440 g/mol. The first-order valence-corrected chi connectivity index (χ1v) is 10.4. The van der Waals surface area contributed by atoms with E-state index in [-0.39, 0.29) is 13.2 Å². The number of rotatable bonds is 7. The maximum Gasteiger partial charge on any atom is 0.339 e. The molecule has 0 bridgehead atoms. The Bertz CT molecular complexity index is 1170. The first-order valence-electron chi connectivity index (χ1n) is 9.23. The number of hydrogen-bond acceptors (Lipinski definition) is 6. The Morgan fingerprint density at radius 1 is 1.00 bits per heavy atom. The molecule has 5 nitrogen and oxygen atoms in total. The number of nitrogens with zero attached hydrogens (tertiary/aromatic N) is 1. The third-order valence-electron chi connectivity index (χ3n) is 4.41. The SMILES string of the molecule is COc1ccc(OCCOC(=O)c2cc(-c3ccc(Cl)s3)nc3ccccc23)cc1. The molecule has 4 aromatic rings. The number of esters is 1. The van der Waals surface area contributed by atoms with Gasteiger partial charge in [-0.05, 0) is 48.5 Å². The summed E-state index contributed by atoms with van der Waals surface area (Å²) in [5, 5.41) is 0.741. The second kappa shape index (κ2) is 9.15. The monoisotopic (exact) mass is 439 g/mol. The minimum atomic E-state index is -0.421. The van der Waals surface area contributed by atoms with Crippen LogP contribution in [-0.2, 0) is 4.74 Å². The number of fused-ring (bicyclic) bond motifs is 1. The van der Waals surface area contributed by atoms with E-state index in [2.05, 4.69) is 4.98 Å². The van der Waals surface area contributed by atoms with E-state index in [9.17, 15) is 4.79 Å². The first kappa shape index (κ1) is 20.2. The lowest BCUT2D eigenvalue weighted by molar-refractivity contribution is 0.0452. The zero-order valence-corrected chi connectivity index (χ0v) is 17.7. The fourth-order valence-electron chi connectivity index (χ4n) is 2.97. The number of para-hydroxylation sites is 1. The van der Waals surface area contributed by atoms with E-state index < -0.39 is 5.97 Å². The van der Waals surface area contributed by atoms with Crippen LogP contribution < -0.4 is 9.47 Å². The van der Waals surface area contributed by atoms with Crippen molar-refractivity contribution in [2.45, 2.75) is 0 Å². The van der Waals surface area contributed by atoms with Crippen LogP contribution in [0, 0.1) is 0 Å². The van der Waals surface area contributed by atoms with Crippen molar-refractivity contribution in [1.29, 1.82) is 0 Å². The number of halogens is 1. The van der Waals surface area contributed by atoms with E-state index in [0.717, 1.165) is 21.5 Å². The summed E-state index contributed by atoms with van der Waals surface area (Å²) >= 11 is 7.47. The molecular weight excluding hydrogens is 422 g/mol. The smallest absolute Gasteiger partial charge is 0.339 e. The lowest BCUT2D eigenvalue weighted by atomic mass is 10.1. The molecule has 0 aliphatic rings. The number of pyridine rings is 1. The minimum Gasteiger partial charge on any atom is -0.497 e. The third-order valence-corrected chi connectivity index (χ3v) is 5.66. The van der Waals surface area contributed by atoms with Gasteiger partial charge in [0.15, 0.2) is 0 Å². The van der Waals surface area contributed by atoms with Crippen molar-refractivity contribution >= 4 is 39.8 Å². The van der Waals surface area contributed by atoms with Crippen LogP contribution in [-0.4, -0.2) is 31.3 Å². The fourth-order valence-corrected chi connectivity index (χ4v) is 3.97. The van der Waals surface area contributed by atoms with Crippen molar-refractivity contribution in [2.24, 2.45) is 0 Å². The number of methoxy groups -OCH3 is 1. The lowest BCUT2D eigenvalue weighted by Gasteiger charge is -2.10. The van der Waals surface area contributed by atoms with Crippen LogP contribution in [0.3, 0.4) is 0 Å². The van der Waals surface area contributed by atoms with Crippen molar-refractivity contribution in [3.8, 4) is 22.1 Å². The Morgan fingerprint density at radius 3 is 2.50 bits per heavy atom. The van der Waals surface area contributed by atoms with Gasteiger partial charge in [-0.3, -0.25) is 0 Å². The Morgan fingerprint density at radius 2 is 1.77 bits per heavy atom. The second-order valence-corrected chi connectivity index (χ2v) is 8.05. The zero-order valence-electron chi connectivity index (χ0n) is 16.1. The molecule has 7 heteroatoms. The average Bonchev–Trinajstić information content (AvgIpc) is 3.22. The highest BCUT2D eigenvalue weighted by Gasteiger charge is 2.16. The Labute approximate surface area is 182 Å². The summed E-state index contributed by atoms with van der Waals surface area (Å²) < 4.78 is 16.9. The molecule has 0 unspecified atom stereocenters. The van der Waals surface area contributed by atoms with Crippen LogP contribution in [0.2, 0.25) is 4.34 Å². The van der Waals surface area contributed by atoms with Gasteiger partial charge in [0.25, 0.3) is 0 Å². The van der Waals surface area contributed by atoms with Crippen LogP contribution in [0.4, 0.5) is 0 Å². The molecule has 2 aromatic carbocycles. The van der Waals surface area contributed by atoms with Gasteiger partial charge in [0.05, 0.1) is 33.1 Å². The quantitative estimate of drug-likeness (QED) is 0.266. The molecule has 0 amide bonds. The number of hydrogen-bond donors (Lipinski definition) is 0. The van der Waals surface area contributed by atoms with Crippen LogP contribution in [0.25, 0.3) is 21.5 Å². The van der Waals surface area contributed by atoms with Gasteiger partial charge in [0.1, 0.15) is 24.7 Å². The molecule has 0 aliphatic heterocycles. The van der Waals surface area contributed by atoms with Gasteiger partial charge in [0.2, 0.25) is 0 Å². The van der Waals surface area contributed by atoms with Crippen LogP contribution in [0.15, 0.2) is 66.7 Å². The van der Waals surface area contributed by atoms with Gasteiger partial charge in [-0.1, -0.05) is 29.8 Å². The van der Waals surface area contributed by atoms with E-state index in [1.807, 2.05) is 48.5 Å². The molecule has 0 saturated heterocycles. The number of aromatic nitrogens is 1. The van der Waals surface area contributed by atoms with Crippen molar-refractivity contribution in [3.63, 3.8) is 0 Å². The normalized spacial score (nSPS) is 10.7. The summed E-state index contributed by atoms with van der Waals surface area (Å²) in [6.45, 7) is 0.371. The van der Waals surface area contributed by atoms with E-state index in [4.69, 9.17) is 25.8 Å². The Balaban J connectivity index is 1.47. The summed E-state index contributed by atoms with van der Waals surface area (Å²) in [6.07, 6.45) is 0. The van der Waals surface area contributed by atoms with Crippen molar-refractivity contribution < 1.29 is 19.0 Å². The minimum absolute atomic E-state index is 0.127. The molecular formula is C23H18ClNO4S. The van der Waals surface area contributed by atoms with Crippen LogP contribution in [0.5, 0.6) is 11.5 Å². The molecule has 4 rings (SSSR count). The van der Waals surface area contributed by atoms with E-state index >= 15 is 0 Å². The summed E-state index contributed by atoms with van der Waals surface area (Å²) in [4.78, 5) is 18.3. The van der Waals surface area contributed by atoms with Gasteiger partial charge in [-0.2, -0.15) is 0 Å². The highest BCUT2D eigenvalue weighted by molar-refractivity contribution is 7.19. The maximum absolute atomic E-state index is 12.8. The third kappa shape index (κ3) is 4.56. The number of benzene rings is 2. The number of thiophene rings is 1. The summed E-state index contributed by atoms with van der Waals surface area (Å²) in [6, 6.07) is 20.2. The zero-order chi connectivity index (χ0) is 20.9. The molecule has 0 spiro atoms. The Hall–Kier alpha value is -3.09. The number of carbonyl (C=O) groups excluding carboxylic acids is 1. The fraction of sp³-hybridized carbons (Fsp3) is 0.130. The highest BCUT2D eigenvalue weighted by atomic mass is 35.5. The van der Waals surface area contributed by atoms with Crippen molar-refractivity contribution in [1.82, 2.24) is 4.98 Å². The van der Waals surface area contributed by atoms with Gasteiger partial charge in [-0.15, -0.1) is 11.3 Å². The molecule has 2 heterocycles. The van der Waals surface area contributed by atoms with Gasteiger partial charge < -0.3 is 14.2 Å². The molecule has 2 aromatic heterocycles. The van der Waals surface area contributed by atoms with Gasteiger partial charge in [-0.25, -0.2) is 9.78 Å². The maximum atomic E-state index is 12.8. The molecule has 0 saturated carbocycles. The van der Waals surface area contributed by atoms with E-state index in [0.29, 0.717) is 21.3 Å². The molecule has 0 atom stereocenters. The summed E-state index contributed by atoms with van der Waals surface area (Å²) in [5.74, 6) is 1.01. The molecule has 0 aliphatic carbocycles. The predicted octanol–water partition coefficient (Wildman–Crippen LogP) is 5.86. The van der Waals surface area contributed by atoms with E-state index in [1.165, 1.54) is 11.3 Å². The second-order valence-electron chi connectivity index (χ2n) is 6.34. The molecule has 30 heavy (non-hydrogen) atoms. The molecule has 0 N–H and O–H groups in total. The summed E-state index contributed by atoms with van der Waals surface area (Å²) in [5.41, 5.74) is 1.87. The largest absolute Gasteiger partial charge is 0.497 e. The van der Waals surface area contributed by atoms with Crippen LogP contribution in [0.1, 0.15) is 10.4 Å². The number of ether oxygens (including phenoxy) is 3. The topological polar surface area (TPSA) is 57.7 Å². The van der Waals surface area contributed by atoms with E-state index in [1.54, 1.807) is 25.3 Å². The molecule has 152 valence electrons. The van der Waals surface area contributed by atoms with Crippen LogP contribution >= 0.6 is 22.9 Å². The van der Waals surface area contributed by atoms with Gasteiger partial charge >= 0.3 is 5.97 Å². The first-order chi connectivity index (χ1) is 14.6. The number of carbonyl (C=O) groups is 1. The highest BCUT2D eigenvalue weighted by Crippen LogP contribution is 2.32. The van der Waals surface area contributed by atoms with Crippen molar-refractivity contribution in [2.75, 3.05) is 20.3 Å².